The summed E-state index contributed by atoms with van der Waals surface area (Å²) in [6, 6.07) is 21.5. The summed E-state index contributed by atoms with van der Waals surface area (Å²) in [7, 11) is 5.51. The number of nitrogens with zero attached hydrogens (tertiary/aromatic N) is 2. The molecule has 7 nitrogen and oxygen atoms in total. The Balaban J connectivity index is 1.72. The van der Waals surface area contributed by atoms with Crippen LogP contribution in [-0.2, 0) is 16.0 Å². The molecule has 1 N–H and O–H groups in total. The lowest BCUT2D eigenvalue weighted by Gasteiger charge is -2.26. The Morgan fingerprint density at radius 3 is 2.08 bits per heavy atom. The molecule has 1 atom stereocenters. The number of likely N-dealkylation sites (tertiary alicyclic amines) is 1. The van der Waals surface area contributed by atoms with Crippen molar-refractivity contribution in [3.8, 4) is 11.5 Å². The topological polar surface area (TPSA) is 79.3 Å². The van der Waals surface area contributed by atoms with E-state index in [1.165, 1.54) is 0 Å². The van der Waals surface area contributed by atoms with Crippen LogP contribution in [-0.4, -0.2) is 55.6 Å². The van der Waals surface area contributed by atoms with Crippen LogP contribution in [0.25, 0.3) is 5.76 Å². The molecule has 1 unspecified atom stereocenters. The molecule has 1 amide bonds. The zero-order valence-electron chi connectivity index (χ0n) is 22.5. The zero-order valence-corrected chi connectivity index (χ0v) is 22.5. The highest BCUT2D eigenvalue weighted by atomic mass is 16.5. The number of hydrogen-bond donors (Lipinski definition) is 1. The Bertz CT molecular complexity index is 1310. The number of aliphatic hydroxyl groups is 1. The molecular weight excluding hydrogens is 480 g/mol. The van der Waals surface area contributed by atoms with Gasteiger partial charge in [0, 0.05) is 31.9 Å². The maximum Gasteiger partial charge on any atom is 0.295 e. The van der Waals surface area contributed by atoms with E-state index >= 15 is 0 Å². The van der Waals surface area contributed by atoms with Gasteiger partial charge in [0.25, 0.3) is 11.7 Å². The van der Waals surface area contributed by atoms with Gasteiger partial charge in [0.05, 0.1) is 24.8 Å². The van der Waals surface area contributed by atoms with Crippen molar-refractivity contribution < 1.29 is 24.2 Å². The van der Waals surface area contributed by atoms with E-state index in [9.17, 15) is 14.7 Å². The summed E-state index contributed by atoms with van der Waals surface area (Å²) in [4.78, 5) is 30.2. The van der Waals surface area contributed by atoms with Gasteiger partial charge in [0.15, 0.2) is 0 Å². The van der Waals surface area contributed by atoms with E-state index in [1.807, 2.05) is 81.4 Å². The zero-order chi connectivity index (χ0) is 27.4. The van der Waals surface area contributed by atoms with Crippen molar-refractivity contribution in [2.45, 2.75) is 32.4 Å². The van der Waals surface area contributed by atoms with Crippen LogP contribution in [0.15, 0.2) is 78.4 Å². The minimum Gasteiger partial charge on any atom is -0.507 e. The molecule has 1 fully saturated rings. The Morgan fingerprint density at radius 1 is 0.921 bits per heavy atom. The lowest BCUT2D eigenvalue weighted by molar-refractivity contribution is -0.139. The van der Waals surface area contributed by atoms with Crippen molar-refractivity contribution in [1.29, 1.82) is 0 Å². The molecule has 1 aliphatic rings. The van der Waals surface area contributed by atoms with Crippen LogP contribution in [0.4, 0.5) is 5.69 Å². The third kappa shape index (κ3) is 5.67. The number of hydrogen-bond acceptors (Lipinski definition) is 6. The number of benzene rings is 3. The van der Waals surface area contributed by atoms with E-state index in [4.69, 9.17) is 9.47 Å². The Kier molecular flexibility index (Phi) is 8.05. The van der Waals surface area contributed by atoms with E-state index in [1.54, 1.807) is 36.3 Å². The van der Waals surface area contributed by atoms with E-state index < -0.39 is 17.7 Å². The van der Waals surface area contributed by atoms with Gasteiger partial charge in [-0.15, -0.1) is 0 Å². The first-order valence-corrected chi connectivity index (χ1v) is 12.6. The molecule has 7 heteroatoms. The predicted octanol–water partition coefficient (Wildman–Crippen LogP) is 5.21. The average Bonchev–Trinajstić information content (AvgIpc) is 3.17. The van der Waals surface area contributed by atoms with Gasteiger partial charge in [-0.3, -0.25) is 9.59 Å². The van der Waals surface area contributed by atoms with Crippen LogP contribution in [0.1, 0.15) is 36.6 Å². The fraction of sp³-hybridized carbons (Fsp3) is 0.290. The number of ketones is 1. The second-order valence-electron chi connectivity index (χ2n) is 9.77. The molecule has 1 saturated heterocycles. The number of rotatable bonds is 9. The summed E-state index contributed by atoms with van der Waals surface area (Å²) in [5, 5.41) is 11.3. The first-order chi connectivity index (χ1) is 18.2. The summed E-state index contributed by atoms with van der Waals surface area (Å²) >= 11 is 0. The van der Waals surface area contributed by atoms with Gasteiger partial charge < -0.3 is 24.4 Å². The van der Waals surface area contributed by atoms with Crippen molar-refractivity contribution in [2.75, 3.05) is 32.6 Å². The normalized spacial score (nSPS) is 16.7. The first-order valence-electron chi connectivity index (χ1n) is 12.6. The van der Waals surface area contributed by atoms with Crippen LogP contribution < -0.4 is 14.4 Å². The minimum absolute atomic E-state index is 0.00982. The minimum atomic E-state index is -0.712. The Morgan fingerprint density at radius 2 is 1.53 bits per heavy atom. The summed E-state index contributed by atoms with van der Waals surface area (Å²) in [6.07, 6.45) is 0.556. The van der Waals surface area contributed by atoms with Crippen LogP contribution in [0.3, 0.4) is 0 Å². The Hall–Kier alpha value is -4.26. The van der Waals surface area contributed by atoms with E-state index in [-0.39, 0.29) is 17.4 Å². The molecule has 4 rings (SSSR count). The quantitative estimate of drug-likeness (QED) is 0.240. The van der Waals surface area contributed by atoms with Gasteiger partial charge in [-0.2, -0.15) is 0 Å². The highest BCUT2D eigenvalue weighted by Gasteiger charge is 2.45. The van der Waals surface area contributed by atoms with Crippen LogP contribution in [0.5, 0.6) is 11.5 Å². The average molecular weight is 515 g/mol. The molecular formula is C31H34N2O5. The summed E-state index contributed by atoms with van der Waals surface area (Å²) in [5.41, 5.74) is 3.29. The summed E-state index contributed by atoms with van der Waals surface area (Å²) in [5.74, 6) is -0.108. The highest BCUT2D eigenvalue weighted by molar-refractivity contribution is 6.46. The van der Waals surface area contributed by atoms with Crippen molar-refractivity contribution in [1.82, 2.24) is 4.90 Å². The Labute approximate surface area is 223 Å². The largest absolute Gasteiger partial charge is 0.507 e. The molecule has 0 spiro atoms. The van der Waals surface area contributed by atoms with Crippen molar-refractivity contribution in [3.63, 3.8) is 0 Å². The number of aliphatic hydroxyl groups excluding tert-OH is 1. The van der Waals surface area contributed by atoms with E-state index in [0.29, 0.717) is 24.3 Å². The van der Waals surface area contributed by atoms with Crippen LogP contribution in [0.2, 0.25) is 0 Å². The highest BCUT2D eigenvalue weighted by Crippen LogP contribution is 2.40. The van der Waals surface area contributed by atoms with Crippen molar-refractivity contribution in [3.05, 3.63) is 95.1 Å². The first kappa shape index (κ1) is 26.8. The summed E-state index contributed by atoms with van der Waals surface area (Å²) < 4.78 is 10.9. The lowest BCUT2D eigenvalue weighted by atomic mass is 9.95. The maximum absolute atomic E-state index is 13.3. The predicted molar refractivity (Wildman–Crippen MR) is 149 cm³/mol. The van der Waals surface area contributed by atoms with E-state index in [0.717, 1.165) is 22.6 Å². The number of carbonyl (C=O) groups excluding carboxylic acids is 2. The van der Waals surface area contributed by atoms with Crippen molar-refractivity contribution >= 4 is 23.1 Å². The second kappa shape index (κ2) is 11.4. The van der Waals surface area contributed by atoms with Gasteiger partial charge in [-0.05, 0) is 79.9 Å². The van der Waals surface area contributed by atoms with Crippen molar-refractivity contribution in [2.24, 2.45) is 0 Å². The number of Topliss-reactive ketones (excluding diaryl/α,β-unsaturated/α-hetero) is 1. The molecule has 3 aromatic carbocycles. The number of methoxy groups -OCH3 is 1. The van der Waals surface area contributed by atoms with E-state index in [2.05, 4.69) is 0 Å². The molecule has 0 saturated carbocycles. The molecule has 0 radical (unpaired) electrons. The lowest BCUT2D eigenvalue weighted by Crippen LogP contribution is -2.31. The van der Waals surface area contributed by atoms with Crippen LogP contribution in [0, 0.1) is 0 Å². The fourth-order valence-electron chi connectivity index (χ4n) is 4.57. The third-order valence-electron chi connectivity index (χ3n) is 6.57. The molecule has 0 bridgehead atoms. The van der Waals surface area contributed by atoms with Gasteiger partial charge >= 0.3 is 0 Å². The number of carbonyl (C=O) groups is 2. The monoisotopic (exact) mass is 514 g/mol. The molecule has 38 heavy (non-hydrogen) atoms. The van der Waals surface area contributed by atoms with Crippen LogP contribution >= 0.6 is 0 Å². The fourth-order valence-corrected chi connectivity index (χ4v) is 4.57. The molecule has 1 heterocycles. The third-order valence-corrected chi connectivity index (χ3v) is 6.57. The standard InChI is InChI=1S/C31H34N2O5/c1-20(2)38-26-16-10-23(11-17-26)29(34)27-28(22-8-12-24(13-9-22)32(3)4)33(31(36)30(27)35)19-18-21-6-14-25(37-5)15-7-21/h6-17,20,28,34H,18-19H2,1-5H3/b29-27-. The molecule has 3 aromatic rings. The molecule has 1 aliphatic heterocycles. The SMILES string of the molecule is COc1ccc(CCN2C(=O)C(=O)/C(=C(\O)c3ccc(OC(C)C)cc3)C2c2ccc(N(C)C)cc2)cc1. The summed E-state index contributed by atoms with van der Waals surface area (Å²) in [6.45, 7) is 4.18. The molecule has 0 aliphatic carbocycles. The smallest absolute Gasteiger partial charge is 0.295 e. The van der Waals surface area contributed by atoms with Gasteiger partial charge in [-0.25, -0.2) is 0 Å². The van der Waals surface area contributed by atoms with Gasteiger partial charge in [-0.1, -0.05) is 24.3 Å². The number of anilines is 1. The van der Waals surface area contributed by atoms with Gasteiger partial charge in [0.2, 0.25) is 0 Å². The second-order valence-corrected chi connectivity index (χ2v) is 9.77. The number of ether oxygens (including phenoxy) is 2. The van der Waals surface area contributed by atoms with Gasteiger partial charge in [0.1, 0.15) is 17.3 Å². The number of amides is 1. The molecule has 198 valence electrons. The maximum atomic E-state index is 13.3. The molecule has 0 aromatic heterocycles.